The number of esters is 1. The van der Waals surface area contributed by atoms with E-state index in [0.29, 0.717) is 22.3 Å². The van der Waals surface area contributed by atoms with Crippen LogP contribution in [0, 0.1) is 20.2 Å². The van der Waals surface area contributed by atoms with Gasteiger partial charge in [-0.3, -0.25) is 25.0 Å². The number of carbonyl (C=O) groups excluding carboxylic acids is 1. The highest BCUT2D eigenvalue weighted by Gasteiger charge is 2.22. The molecule has 0 aromatic carbocycles. The van der Waals surface area contributed by atoms with Gasteiger partial charge in [-0.2, -0.15) is 10.2 Å². The second-order valence-corrected chi connectivity index (χ2v) is 11.6. The fraction of sp³-hybridized carbons (Fsp3) is 0.435. The summed E-state index contributed by atoms with van der Waals surface area (Å²) in [7, 11) is 0. The Kier molecular flexibility index (Phi) is 10.9. The molecule has 0 aliphatic carbocycles. The Hall–Kier alpha value is -3.74. The first-order valence-corrected chi connectivity index (χ1v) is 15.1. The minimum Gasteiger partial charge on any atom is -0.460 e. The largest absolute Gasteiger partial charge is 0.460 e. The van der Waals surface area contributed by atoms with Gasteiger partial charge in [-0.1, -0.05) is 11.6 Å². The normalized spacial score (nSPS) is 12.1. The Bertz CT molecular complexity index is 1610. The number of carbonyl (C=O) groups is 1. The number of nitro groups is 2. The third-order valence-corrected chi connectivity index (χ3v) is 6.99. The number of aromatic nitrogens is 6. The lowest BCUT2D eigenvalue weighted by molar-refractivity contribution is -0.383. The van der Waals surface area contributed by atoms with Gasteiger partial charge in [0.15, 0.2) is 0 Å². The molecule has 4 heterocycles. The fourth-order valence-electron chi connectivity index (χ4n) is 3.58. The average Bonchev–Trinajstić information content (AvgIpc) is 3.54. The van der Waals surface area contributed by atoms with Crippen molar-refractivity contribution in [3.63, 3.8) is 0 Å². The smallest absolute Gasteiger partial charge is 0.333 e. The van der Waals surface area contributed by atoms with E-state index in [4.69, 9.17) is 22.1 Å². The second-order valence-electron chi connectivity index (χ2n) is 9.55. The molecule has 226 valence electrons. The van der Waals surface area contributed by atoms with E-state index in [1.54, 1.807) is 12.1 Å². The van der Waals surface area contributed by atoms with Crippen LogP contribution in [0.4, 0.5) is 17.2 Å². The van der Waals surface area contributed by atoms with Gasteiger partial charge in [0.1, 0.15) is 39.0 Å². The zero-order chi connectivity index (χ0) is 31.2. The molecule has 0 saturated heterocycles. The topological polar surface area (TPSA) is 211 Å². The molecule has 0 fully saturated rings. The lowest BCUT2D eigenvalue weighted by Gasteiger charge is -2.21. The molecule has 4 rings (SSSR count). The molecule has 42 heavy (non-hydrogen) atoms. The van der Waals surface area contributed by atoms with Crippen LogP contribution in [-0.4, -0.2) is 75.7 Å². The van der Waals surface area contributed by atoms with Gasteiger partial charge in [0, 0.05) is 31.1 Å². The number of hydrogen-bond donors (Lipinski definition) is 2. The Morgan fingerprint density at radius 2 is 1.57 bits per heavy atom. The summed E-state index contributed by atoms with van der Waals surface area (Å²) in [4.78, 5) is 40.8. The number of rotatable bonds is 10. The molecule has 1 atom stereocenters. The van der Waals surface area contributed by atoms with Crippen molar-refractivity contribution in [3.05, 3.63) is 49.9 Å². The van der Waals surface area contributed by atoms with Crippen LogP contribution >= 0.6 is 35.1 Å². The molecule has 0 saturated carbocycles. The van der Waals surface area contributed by atoms with E-state index < -0.39 is 15.4 Å². The maximum Gasteiger partial charge on any atom is 0.333 e. The van der Waals surface area contributed by atoms with Gasteiger partial charge in [-0.25, -0.2) is 19.0 Å². The number of anilines is 1. The summed E-state index contributed by atoms with van der Waals surface area (Å²) >= 11 is 8.53. The molecule has 19 heteroatoms. The first-order chi connectivity index (χ1) is 19.8. The highest BCUT2D eigenvalue weighted by molar-refractivity contribution is 7.98. The lowest BCUT2D eigenvalue weighted by atomic mass is 10.1. The third-order valence-electron chi connectivity index (χ3n) is 5.37. The average molecular weight is 641 g/mol. The second kappa shape index (κ2) is 14.0. The molecule has 0 bridgehead atoms. The van der Waals surface area contributed by atoms with Crippen molar-refractivity contribution in [1.29, 1.82) is 0 Å². The number of nitrogens with zero attached hydrogens (tertiary/aromatic N) is 8. The standard InChI is InChI=1S/C16H24N6O4S.C7H5ClN4O2S/c1-16(2,3)26-14(23)6-5-10(8-17)19-12-7-13(27-4)21-15(20-12)11(9-18-21)22(24)25;1-15-6-2-5(8)10-7-4(12(13)14)3-9-11(6)7/h7,9-10H,5-6,8,17H2,1-4H3,(H,19,20);2-3H,1H3/t10-;/m0./s1. The first-order valence-electron chi connectivity index (χ1n) is 12.3. The van der Waals surface area contributed by atoms with Crippen molar-refractivity contribution in [2.75, 3.05) is 24.4 Å². The van der Waals surface area contributed by atoms with Crippen LogP contribution in [0.15, 0.2) is 34.6 Å². The Morgan fingerprint density at radius 1 is 1.05 bits per heavy atom. The number of thioether (sulfide) groups is 2. The molecule has 0 aliphatic heterocycles. The van der Waals surface area contributed by atoms with Crippen molar-refractivity contribution >= 4 is 69.6 Å². The zero-order valence-electron chi connectivity index (χ0n) is 23.3. The van der Waals surface area contributed by atoms with E-state index in [2.05, 4.69) is 25.5 Å². The van der Waals surface area contributed by atoms with Gasteiger partial charge in [0.25, 0.3) is 0 Å². The molecule has 3 N–H and O–H groups in total. The monoisotopic (exact) mass is 640 g/mol. The van der Waals surface area contributed by atoms with Crippen LogP contribution < -0.4 is 11.1 Å². The van der Waals surface area contributed by atoms with Crippen LogP contribution in [0.25, 0.3) is 11.3 Å². The molecule has 0 radical (unpaired) electrons. The van der Waals surface area contributed by atoms with Crippen molar-refractivity contribution in [1.82, 2.24) is 29.2 Å². The van der Waals surface area contributed by atoms with E-state index in [-0.39, 0.29) is 52.8 Å². The molecular weight excluding hydrogens is 612 g/mol. The number of fused-ring (bicyclic) bond motifs is 2. The van der Waals surface area contributed by atoms with E-state index in [1.165, 1.54) is 44.9 Å². The maximum atomic E-state index is 11.9. The van der Waals surface area contributed by atoms with E-state index >= 15 is 0 Å². The molecule has 0 unspecified atom stereocenters. The van der Waals surface area contributed by atoms with Gasteiger partial charge in [0.2, 0.25) is 11.3 Å². The Morgan fingerprint density at radius 3 is 2.05 bits per heavy atom. The summed E-state index contributed by atoms with van der Waals surface area (Å²) in [5.74, 6) is 0.137. The van der Waals surface area contributed by atoms with Crippen LogP contribution in [0.5, 0.6) is 0 Å². The van der Waals surface area contributed by atoms with Crippen molar-refractivity contribution in [2.45, 2.75) is 55.3 Å². The van der Waals surface area contributed by atoms with Gasteiger partial charge >= 0.3 is 17.3 Å². The highest BCUT2D eigenvalue weighted by atomic mass is 35.5. The fourth-order valence-corrected chi connectivity index (χ4v) is 4.90. The number of nitrogens with two attached hydrogens (primary N) is 1. The molecule has 0 aliphatic rings. The summed E-state index contributed by atoms with van der Waals surface area (Å²) < 4.78 is 8.12. The number of ether oxygens (including phenoxy) is 1. The third kappa shape index (κ3) is 8.17. The zero-order valence-corrected chi connectivity index (χ0v) is 25.7. The maximum absolute atomic E-state index is 11.9. The van der Waals surface area contributed by atoms with Gasteiger partial charge in [-0.15, -0.1) is 23.5 Å². The highest BCUT2D eigenvalue weighted by Crippen LogP contribution is 2.27. The summed E-state index contributed by atoms with van der Waals surface area (Å²) in [5.41, 5.74) is 5.26. The van der Waals surface area contributed by atoms with Crippen LogP contribution in [-0.2, 0) is 9.53 Å². The molecule has 4 aromatic rings. The quantitative estimate of drug-likeness (QED) is 0.0816. The van der Waals surface area contributed by atoms with Crippen molar-refractivity contribution in [3.8, 4) is 0 Å². The molecule has 0 amide bonds. The molecule has 0 spiro atoms. The number of hydrogen-bond acceptors (Lipinski definition) is 14. The molecule has 4 aromatic heterocycles. The van der Waals surface area contributed by atoms with E-state index in [1.807, 2.05) is 33.3 Å². The van der Waals surface area contributed by atoms with Crippen LogP contribution in [0.1, 0.15) is 33.6 Å². The van der Waals surface area contributed by atoms with Gasteiger partial charge < -0.3 is 15.8 Å². The Labute approximate surface area is 253 Å². The number of nitrogens with one attached hydrogen (secondary N) is 1. The summed E-state index contributed by atoms with van der Waals surface area (Å²) in [6.45, 7) is 5.70. The summed E-state index contributed by atoms with van der Waals surface area (Å²) in [6, 6.07) is 3.12. The molecular formula is C23H29ClN10O6S2. The SMILES string of the molecule is CSc1cc(Cl)nc2c([N+](=O)[O-])cnn12.CSc1cc(N[C@H](CN)CCC(=O)OC(C)(C)C)nc2c([N+](=O)[O-])cnn12. The van der Waals surface area contributed by atoms with Crippen LogP contribution in [0.2, 0.25) is 5.15 Å². The predicted molar refractivity (Wildman–Crippen MR) is 159 cm³/mol. The van der Waals surface area contributed by atoms with Gasteiger partial charge in [-0.05, 0) is 39.7 Å². The predicted octanol–water partition coefficient (Wildman–Crippen LogP) is 4.23. The van der Waals surface area contributed by atoms with Crippen molar-refractivity contribution < 1.29 is 19.4 Å². The Balaban J connectivity index is 0.000000271. The summed E-state index contributed by atoms with van der Waals surface area (Å²) in [6.07, 6.45) is 6.67. The number of halogens is 1. The van der Waals surface area contributed by atoms with E-state index in [9.17, 15) is 25.0 Å². The minimum atomic E-state index is -0.538. The minimum absolute atomic E-state index is 0.146. The lowest BCUT2D eigenvalue weighted by Crippen LogP contribution is -2.31. The molecule has 16 nitrogen and oxygen atoms in total. The summed E-state index contributed by atoms with van der Waals surface area (Å²) in [5, 5.41) is 34.5. The van der Waals surface area contributed by atoms with E-state index in [0.717, 1.165) is 0 Å². The van der Waals surface area contributed by atoms with Crippen LogP contribution in [0.3, 0.4) is 0 Å². The van der Waals surface area contributed by atoms with Gasteiger partial charge in [0.05, 0.1) is 9.85 Å². The van der Waals surface area contributed by atoms with Crippen molar-refractivity contribution in [2.24, 2.45) is 5.73 Å². The first kappa shape index (κ1) is 32.8.